The molecule has 0 unspecified atom stereocenters. The molecule has 1 rings (SSSR count). The van der Waals surface area contributed by atoms with Crippen LogP contribution in [0.25, 0.3) is 0 Å². The molecule has 3 nitrogen and oxygen atoms in total. The second-order valence-corrected chi connectivity index (χ2v) is 2.77. The zero-order chi connectivity index (χ0) is 11.3. The number of hydrogen-bond acceptors (Lipinski definition) is 3. The van der Waals surface area contributed by atoms with Crippen LogP contribution in [0.4, 0.5) is 14.5 Å². The predicted octanol–water partition coefficient (Wildman–Crippen LogP) is 2.73. The highest BCUT2D eigenvalue weighted by Gasteiger charge is 2.10. The Morgan fingerprint density at radius 3 is 2.60 bits per heavy atom. The highest BCUT2D eigenvalue weighted by Crippen LogP contribution is 2.31. The van der Waals surface area contributed by atoms with Crippen LogP contribution in [-0.4, -0.2) is 20.3 Å². The molecule has 1 N–H and O–H groups in total. The molecule has 0 saturated carbocycles. The van der Waals surface area contributed by atoms with Gasteiger partial charge in [-0.2, -0.15) is 8.78 Å². The van der Waals surface area contributed by atoms with E-state index in [9.17, 15) is 8.78 Å². The van der Waals surface area contributed by atoms with Crippen LogP contribution >= 0.6 is 0 Å². The standard InChI is InChI=1S/C10H13F2NO2/c1-3-13-7-4-5-8(15-10(11)12)9(6-7)14-2/h4-6,10,13H,3H2,1-2H3. The maximum absolute atomic E-state index is 12.0. The van der Waals surface area contributed by atoms with Crippen molar-refractivity contribution in [1.82, 2.24) is 0 Å². The van der Waals surface area contributed by atoms with Crippen molar-refractivity contribution in [2.24, 2.45) is 0 Å². The number of methoxy groups -OCH3 is 1. The van der Waals surface area contributed by atoms with Gasteiger partial charge in [-0.05, 0) is 19.1 Å². The van der Waals surface area contributed by atoms with Crippen LogP contribution in [0.1, 0.15) is 6.92 Å². The van der Waals surface area contributed by atoms with Crippen LogP contribution in [0.2, 0.25) is 0 Å². The van der Waals surface area contributed by atoms with E-state index in [4.69, 9.17) is 4.74 Å². The summed E-state index contributed by atoms with van der Waals surface area (Å²) >= 11 is 0. The predicted molar refractivity (Wildman–Crippen MR) is 53.8 cm³/mol. The number of alkyl halides is 2. The van der Waals surface area contributed by atoms with Crippen LogP contribution in [-0.2, 0) is 0 Å². The van der Waals surface area contributed by atoms with Gasteiger partial charge in [-0.15, -0.1) is 0 Å². The summed E-state index contributed by atoms with van der Waals surface area (Å²) < 4.78 is 33.2. The quantitative estimate of drug-likeness (QED) is 0.822. The minimum absolute atomic E-state index is 0.0363. The molecule has 0 fully saturated rings. The second-order valence-electron chi connectivity index (χ2n) is 2.77. The molecular weight excluding hydrogens is 204 g/mol. The highest BCUT2D eigenvalue weighted by atomic mass is 19.3. The molecule has 0 aliphatic carbocycles. The smallest absolute Gasteiger partial charge is 0.387 e. The third kappa shape index (κ3) is 3.27. The van der Waals surface area contributed by atoms with Crippen LogP contribution in [0.15, 0.2) is 18.2 Å². The molecule has 0 saturated heterocycles. The Kier molecular flexibility index (Phi) is 4.15. The molecule has 0 atom stereocenters. The van der Waals surface area contributed by atoms with Crippen LogP contribution in [0.5, 0.6) is 11.5 Å². The molecule has 1 aromatic rings. The first-order valence-corrected chi connectivity index (χ1v) is 4.54. The number of halogens is 2. The van der Waals surface area contributed by atoms with E-state index in [1.54, 1.807) is 12.1 Å². The molecule has 5 heteroatoms. The van der Waals surface area contributed by atoms with Crippen LogP contribution in [0, 0.1) is 0 Å². The Labute approximate surface area is 87.0 Å². The van der Waals surface area contributed by atoms with Crippen molar-refractivity contribution in [1.29, 1.82) is 0 Å². The fourth-order valence-corrected chi connectivity index (χ4v) is 1.18. The van der Waals surface area contributed by atoms with Crippen molar-refractivity contribution in [3.8, 4) is 11.5 Å². The summed E-state index contributed by atoms with van der Waals surface area (Å²) in [6.45, 7) is -0.155. The first-order chi connectivity index (χ1) is 7.17. The molecule has 0 aromatic heterocycles. The number of nitrogens with one attached hydrogen (secondary N) is 1. The van der Waals surface area contributed by atoms with Crippen molar-refractivity contribution in [3.05, 3.63) is 18.2 Å². The van der Waals surface area contributed by atoms with E-state index in [2.05, 4.69) is 10.1 Å². The molecule has 0 spiro atoms. The molecule has 0 bridgehead atoms. The minimum Gasteiger partial charge on any atom is -0.493 e. The number of anilines is 1. The third-order valence-electron chi connectivity index (χ3n) is 1.76. The summed E-state index contributed by atoms with van der Waals surface area (Å²) in [6.07, 6.45) is 0. The SMILES string of the molecule is CCNc1ccc(OC(F)F)c(OC)c1. The van der Waals surface area contributed by atoms with E-state index in [1.807, 2.05) is 6.92 Å². The average Bonchev–Trinajstić information content (AvgIpc) is 2.20. The van der Waals surface area contributed by atoms with Crippen molar-refractivity contribution in [3.63, 3.8) is 0 Å². The van der Waals surface area contributed by atoms with Gasteiger partial charge in [-0.3, -0.25) is 0 Å². The zero-order valence-corrected chi connectivity index (χ0v) is 8.59. The Morgan fingerprint density at radius 2 is 2.07 bits per heavy atom. The summed E-state index contributed by atoms with van der Waals surface area (Å²) in [4.78, 5) is 0. The molecule has 84 valence electrons. The monoisotopic (exact) mass is 217 g/mol. The third-order valence-corrected chi connectivity index (χ3v) is 1.76. The normalized spacial score (nSPS) is 10.2. The Morgan fingerprint density at radius 1 is 1.33 bits per heavy atom. The summed E-state index contributed by atoms with van der Waals surface area (Å²) in [5, 5.41) is 3.04. The zero-order valence-electron chi connectivity index (χ0n) is 8.59. The fourth-order valence-electron chi connectivity index (χ4n) is 1.18. The summed E-state index contributed by atoms with van der Waals surface area (Å²) in [5.74, 6) is 0.322. The minimum atomic E-state index is -2.84. The van der Waals surface area contributed by atoms with Gasteiger partial charge in [0.1, 0.15) is 0 Å². The van der Waals surface area contributed by atoms with Gasteiger partial charge >= 0.3 is 6.61 Å². The molecule has 0 aliphatic rings. The molecule has 0 heterocycles. The Bertz CT molecular complexity index is 318. The average molecular weight is 217 g/mol. The maximum atomic E-state index is 12.0. The number of benzene rings is 1. The second kappa shape index (κ2) is 5.38. The van der Waals surface area contributed by atoms with Gasteiger partial charge < -0.3 is 14.8 Å². The van der Waals surface area contributed by atoms with E-state index >= 15 is 0 Å². The lowest BCUT2D eigenvalue weighted by molar-refractivity contribution is -0.0512. The lowest BCUT2D eigenvalue weighted by atomic mass is 10.2. The van der Waals surface area contributed by atoms with E-state index in [1.165, 1.54) is 13.2 Å². The van der Waals surface area contributed by atoms with Gasteiger partial charge in [0, 0.05) is 18.3 Å². The van der Waals surface area contributed by atoms with E-state index in [0.717, 1.165) is 12.2 Å². The van der Waals surface area contributed by atoms with Crippen LogP contribution < -0.4 is 14.8 Å². The van der Waals surface area contributed by atoms with E-state index in [0.29, 0.717) is 0 Å². The van der Waals surface area contributed by atoms with Gasteiger partial charge in [-0.1, -0.05) is 0 Å². The van der Waals surface area contributed by atoms with E-state index in [-0.39, 0.29) is 11.5 Å². The molecule has 0 amide bonds. The summed E-state index contributed by atoms with van der Waals surface area (Å²) in [5.41, 5.74) is 0.802. The molecular formula is C10H13F2NO2. The van der Waals surface area contributed by atoms with Crippen LogP contribution in [0.3, 0.4) is 0 Å². The fraction of sp³-hybridized carbons (Fsp3) is 0.400. The Hall–Kier alpha value is -1.52. The Balaban J connectivity index is 2.88. The number of rotatable bonds is 5. The highest BCUT2D eigenvalue weighted by molar-refractivity contribution is 5.54. The van der Waals surface area contributed by atoms with Gasteiger partial charge in [0.25, 0.3) is 0 Å². The molecule has 15 heavy (non-hydrogen) atoms. The molecule has 1 aromatic carbocycles. The topological polar surface area (TPSA) is 30.5 Å². The van der Waals surface area contributed by atoms with Gasteiger partial charge in [0.15, 0.2) is 11.5 Å². The largest absolute Gasteiger partial charge is 0.493 e. The lowest BCUT2D eigenvalue weighted by Crippen LogP contribution is -2.04. The first-order valence-electron chi connectivity index (χ1n) is 4.54. The molecule has 0 radical (unpaired) electrons. The first kappa shape index (κ1) is 11.6. The number of hydrogen-bond donors (Lipinski definition) is 1. The maximum Gasteiger partial charge on any atom is 0.387 e. The van der Waals surface area contributed by atoms with Crippen molar-refractivity contribution < 1.29 is 18.3 Å². The number of ether oxygens (including phenoxy) is 2. The van der Waals surface area contributed by atoms with Crippen molar-refractivity contribution in [2.75, 3.05) is 19.0 Å². The lowest BCUT2D eigenvalue weighted by Gasteiger charge is -2.11. The summed E-state index contributed by atoms with van der Waals surface area (Å²) in [7, 11) is 1.41. The van der Waals surface area contributed by atoms with E-state index < -0.39 is 6.61 Å². The van der Waals surface area contributed by atoms with Crippen molar-refractivity contribution in [2.45, 2.75) is 13.5 Å². The summed E-state index contributed by atoms with van der Waals surface area (Å²) in [6, 6.07) is 4.72. The molecule has 0 aliphatic heterocycles. The van der Waals surface area contributed by atoms with Crippen molar-refractivity contribution >= 4 is 5.69 Å². The van der Waals surface area contributed by atoms with Gasteiger partial charge in [0.05, 0.1) is 7.11 Å². The van der Waals surface area contributed by atoms with Gasteiger partial charge in [-0.25, -0.2) is 0 Å². The van der Waals surface area contributed by atoms with Gasteiger partial charge in [0.2, 0.25) is 0 Å².